The van der Waals surface area contributed by atoms with Crippen LogP contribution < -0.4 is 5.32 Å². The first kappa shape index (κ1) is 24.2. The van der Waals surface area contributed by atoms with Crippen molar-refractivity contribution in [1.82, 2.24) is 5.32 Å². The highest BCUT2D eigenvalue weighted by Crippen LogP contribution is 2.41. The molecule has 1 unspecified atom stereocenters. The lowest BCUT2D eigenvalue weighted by atomic mass is 9.77. The average Bonchev–Trinajstić information content (AvgIpc) is 2.61. The van der Waals surface area contributed by atoms with E-state index in [-0.39, 0.29) is 22.5 Å². The van der Waals surface area contributed by atoms with E-state index in [1.807, 2.05) is 36.4 Å². The van der Waals surface area contributed by atoms with E-state index in [1.165, 1.54) is 0 Å². The van der Waals surface area contributed by atoms with E-state index >= 15 is 0 Å². The summed E-state index contributed by atoms with van der Waals surface area (Å²) in [6.07, 6.45) is 0. The third kappa shape index (κ3) is 5.99. The van der Waals surface area contributed by atoms with Gasteiger partial charge in [0, 0.05) is 11.6 Å². The zero-order chi connectivity index (χ0) is 22.7. The Balaban J connectivity index is 2.54. The van der Waals surface area contributed by atoms with E-state index < -0.39 is 6.04 Å². The first-order chi connectivity index (χ1) is 13.8. The normalized spacial score (nSPS) is 13.2. The second kappa shape index (κ2) is 9.40. The number of phenols is 1. The van der Waals surface area contributed by atoms with Crippen LogP contribution >= 0.6 is 11.6 Å². The van der Waals surface area contributed by atoms with Crippen LogP contribution in [0, 0.1) is 0 Å². The number of carbonyl (C=O) groups excluding carboxylic acids is 1. The summed E-state index contributed by atoms with van der Waals surface area (Å²) in [5.41, 5.74) is 2.80. The van der Waals surface area contributed by atoms with Gasteiger partial charge in [0.1, 0.15) is 11.8 Å². The fourth-order valence-electron chi connectivity index (χ4n) is 3.40. The van der Waals surface area contributed by atoms with Gasteiger partial charge in [-0.2, -0.15) is 0 Å². The number of halogens is 1. The zero-order valence-corrected chi connectivity index (χ0v) is 19.9. The Morgan fingerprint density at radius 1 is 1.07 bits per heavy atom. The Morgan fingerprint density at radius 3 is 2.10 bits per heavy atom. The standard InChI is InChI=1S/C25H34ClNO3/c1-8-30-23(29)21(27-15-16-10-9-11-18(26)12-16)17-13-19(24(2,3)4)22(28)20(14-17)25(5,6)7/h9-14,21,27-28H,8,15H2,1-7H3. The minimum Gasteiger partial charge on any atom is -0.507 e. The highest BCUT2D eigenvalue weighted by Gasteiger charge is 2.30. The van der Waals surface area contributed by atoms with Crippen LogP contribution in [0.25, 0.3) is 0 Å². The van der Waals surface area contributed by atoms with Gasteiger partial charge in [-0.1, -0.05) is 65.3 Å². The lowest BCUT2D eigenvalue weighted by Gasteiger charge is -2.29. The predicted molar refractivity (Wildman–Crippen MR) is 123 cm³/mol. The van der Waals surface area contributed by atoms with Gasteiger partial charge in [0.15, 0.2) is 0 Å². The molecule has 0 aromatic heterocycles. The van der Waals surface area contributed by atoms with Crippen molar-refractivity contribution in [2.24, 2.45) is 0 Å². The predicted octanol–water partition coefficient (Wildman–Crippen LogP) is 6.03. The average molecular weight is 432 g/mol. The molecule has 2 rings (SSSR count). The second-order valence-corrected chi connectivity index (χ2v) is 10.1. The number of ether oxygens (including phenoxy) is 1. The molecule has 0 amide bonds. The topological polar surface area (TPSA) is 58.6 Å². The lowest BCUT2D eigenvalue weighted by molar-refractivity contribution is -0.145. The second-order valence-electron chi connectivity index (χ2n) is 9.66. The minimum absolute atomic E-state index is 0.285. The van der Waals surface area contributed by atoms with Gasteiger partial charge < -0.3 is 9.84 Å². The monoisotopic (exact) mass is 431 g/mol. The molecule has 0 saturated carbocycles. The number of benzene rings is 2. The van der Waals surface area contributed by atoms with Crippen molar-refractivity contribution >= 4 is 17.6 Å². The van der Waals surface area contributed by atoms with Crippen LogP contribution in [0.1, 0.15) is 76.8 Å². The number of esters is 1. The zero-order valence-electron chi connectivity index (χ0n) is 19.1. The summed E-state index contributed by atoms with van der Waals surface area (Å²) >= 11 is 6.10. The van der Waals surface area contributed by atoms with Gasteiger partial charge in [0.2, 0.25) is 0 Å². The van der Waals surface area contributed by atoms with Crippen LogP contribution in [0.2, 0.25) is 5.02 Å². The molecule has 1 atom stereocenters. The van der Waals surface area contributed by atoms with E-state index in [9.17, 15) is 9.90 Å². The third-order valence-electron chi connectivity index (χ3n) is 5.00. The maximum absolute atomic E-state index is 12.9. The molecule has 4 nitrogen and oxygen atoms in total. The molecule has 0 aliphatic heterocycles. The minimum atomic E-state index is -0.660. The largest absolute Gasteiger partial charge is 0.507 e. The van der Waals surface area contributed by atoms with Crippen LogP contribution in [0.15, 0.2) is 36.4 Å². The van der Waals surface area contributed by atoms with Crippen molar-refractivity contribution in [3.8, 4) is 5.75 Å². The lowest BCUT2D eigenvalue weighted by Crippen LogP contribution is -2.31. The van der Waals surface area contributed by atoms with Gasteiger partial charge in [0.05, 0.1) is 6.61 Å². The van der Waals surface area contributed by atoms with E-state index in [0.717, 1.165) is 22.3 Å². The Hall–Kier alpha value is -2.04. The maximum Gasteiger partial charge on any atom is 0.327 e. The Bertz CT molecular complexity index is 859. The van der Waals surface area contributed by atoms with Crippen molar-refractivity contribution in [1.29, 1.82) is 0 Å². The molecule has 2 aromatic carbocycles. The van der Waals surface area contributed by atoms with E-state index in [0.29, 0.717) is 18.2 Å². The highest BCUT2D eigenvalue weighted by molar-refractivity contribution is 6.30. The smallest absolute Gasteiger partial charge is 0.327 e. The fraction of sp³-hybridized carbons (Fsp3) is 0.480. The Labute approximate surface area is 185 Å². The van der Waals surface area contributed by atoms with Gasteiger partial charge in [-0.3, -0.25) is 5.32 Å². The maximum atomic E-state index is 12.9. The molecule has 2 N–H and O–H groups in total. The van der Waals surface area contributed by atoms with Crippen molar-refractivity contribution in [2.75, 3.05) is 6.61 Å². The summed E-state index contributed by atoms with van der Waals surface area (Å²) in [4.78, 5) is 12.9. The fourth-order valence-corrected chi connectivity index (χ4v) is 3.61. The SMILES string of the molecule is CCOC(=O)C(NCc1cccc(Cl)c1)c1cc(C(C)(C)C)c(O)c(C(C)(C)C)c1. The van der Waals surface area contributed by atoms with Crippen molar-refractivity contribution < 1.29 is 14.6 Å². The number of rotatable bonds is 6. The van der Waals surface area contributed by atoms with Gasteiger partial charge in [-0.25, -0.2) is 4.79 Å². The first-order valence-electron chi connectivity index (χ1n) is 10.4. The molecule has 2 aromatic rings. The van der Waals surface area contributed by atoms with Gasteiger partial charge in [-0.05, 0) is 64.3 Å². The van der Waals surface area contributed by atoms with Crippen LogP contribution in [0.4, 0.5) is 0 Å². The van der Waals surface area contributed by atoms with Crippen molar-refractivity contribution in [3.63, 3.8) is 0 Å². The number of phenolic OH excluding ortho intramolecular Hbond substituents is 1. The molecule has 0 saturated heterocycles. The molecule has 5 heteroatoms. The van der Waals surface area contributed by atoms with E-state index in [4.69, 9.17) is 16.3 Å². The summed E-state index contributed by atoms with van der Waals surface area (Å²) in [7, 11) is 0. The third-order valence-corrected chi connectivity index (χ3v) is 5.24. The molecule has 0 bridgehead atoms. The van der Waals surface area contributed by atoms with Crippen molar-refractivity contribution in [2.45, 2.75) is 71.9 Å². The van der Waals surface area contributed by atoms with Gasteiger partial charge >= 0.3 is 5.97 Å². The number of aromatic hydroxyl groups is 1. The summed E-state index contributed by atoms with van der Waals surface area (Å²) in [5.74, 6) is -0.0545. The van der Waals surface area contributed by atoms with Crippen molar-refractivity contribution in [3.05, 3.63) is 63.7 Å². The molecule has 0 spiro atoms. The summed E-state index contributed by atoms with van der Waals surface area (Å²) in [5, 5.41) is 15.0. The van der Waals surface area contributed by atoms with Gasteiger partial charge in [-0.15, -0.1) is 0 Å². The van der Waals surface area contributed by atoms with E-state index in [2.05, 4.69) is 46.9 Å². The highest BCUT2D eigenvalue weighted by atomic mass is 35.5. The van der Waals surface area contributed by atoms with E-state index in [1.54, 1.807) is 6.92 Å². The molecular weight excluding hydrogens is 398 g/mol. The molecule has 0 fully saturated rings. The summed E-state index contributed by atoms with van der Waals surface area (Å²) in [6.45, 7) is 14.9. The van der Waals surface area contributed by atoms with Gasteiger partial charge in [0.25, 0.3) is 0 Å². The van der Waals surface area contributed by atoms with Crippen LogP contribution in [0.3, 0.4) is 0 Å². The first-order valence-corrected chi connectivity index (χ1v) is 10.7. The molecule has 0 heterocycles. The quantitative estimate of drug-likeness (QED) is 0.548. The van der Waals surface area contributed by atoms with Crippen LogP contribution in [-0.4, -0.2) is 17.7 Å². The number of hydrogen-bond donors (Lipinski definition) is 2. The number of carbonyl (C=O) groups is 1. The summed E-state index contributed by atoms with van der Waals surface area (Å²) < 4.78 is 5.36. The molecular formula is C25H34ClNO3. The van der Waals surface area contributed by atoms with Crippen LogP contribution in [0.5, 0.6) is 5.75 Å². The number of hydrogen-bond acceptors (Lipinski definition) is 4. The Kier molecular flexibility index (Phi) is 7.59. The van der Waals surface area contributed by atoms with Crippen LogP contribution in [-0.2, 0) is 26.9 Å². The Morgan fingerprint density at radius 2 is 1.63 bits per heavy atom. The molecule has 164 valence electrons. The number of nitrogens with one attached hydrogen (secondary N) is 1. The summed E-state index contributed by atoms with van der Waals surface area (Å²) in [6, 6.07) is 10.7. The molecule has 0 aliphatic carbocycles. The molecule has 0 aliphatic rings. The molecule has 30 heavy (non-hydrogen) atoms. The molecule has 0 radical (unpaired) electrons.